The summed E-state index contributed by atoms with van der Waals surface area (Å²) in [5.41, 5.74) is 11.1. The molecule has 2 unspecified atom stereocenters. The number of nitrogens with one attached hydrogen (secondary N) is 1. The molecule has 5 heteroatoms. The van der Waals surface area contributed by atoms with Gasteiger partial charge >= 0.3 is 0 Å². The summed E-state index contributed by atoms with van der Waals surface area (Å²) in [6.45, 7) is 4.46. The fourth-order valence-electron chi connectivity index (χ4n) is 2.86. The van der Waals surface area contributed by atoms with Crippen LogP contribution in [0.15, 0.2) is 24.3 Å². The van der Waals surface area contributed by atoms with Gasteiger partial charge in [-0.3, -0.25) is 5.43 Å². The van der Waals surface area contributed by atoms with E-state index in [-0.39, 0.29) is 0 Å². The number of rotatable bonds is 2. The number of nitrogens with zero attached hydrogens (tertiary/aromatic N) is 3. The summed E-state index contributed by atoms with van der Waals surface area (Å²) in [5, 5.41) is 2.25. The van der Waals surface area contributed by atoms with Gasteiger partial charge in [-0.05, 0) is 38.8 Å². The molecule has 0 aliphatic carbocycles. The molecule has 1 aliphatic heterocycles. The Morgan fingerprint density at radius 2 is 1.70 bits per heavy atom. The maximum absolute atomic E-state index is 6.03. The number of hydrogen-bond acceptors (Lipinski definition) is 5. The van der Waals surface area contributed by atoms with Gasteiger partial charge in [0.1, 0.15) is 0 Å². The van der Waals surface area contributed by atoms with Gasteiger partial charge in [0.05, 0.1) is 11.0 Å². The Bertz CT molecular complexity index is 602. The van der Waals surface area contributed by atoms with Crippen LogP contribution in [0.1, 0.15) is 33.1 Å². The molecule has 1 saturated heterocycles. The van der Waals surface area contributed by atoms with Crippen LogP contribution in [0.3, 0.4) is 0 Å². The molecule has 0 amide bonds. The predicted octanol–water partition coefficient (Wildman–Crippen LogP) is 2.80. The summed E-state index contributed by atoms with van der Waals surface area (Å²) >= 11 is 0. The number of piperidine rings is 1. The Labute approximate surface area is 119 Å². The molecule has 1 aliphatic rings. The van der Waals surface area contributed by atoms with Crippen LogP contribution in [0.5, 0.6) is 0 Å². The Balaban J connectivity index is 1.91. The van der Waals surface area contributed by atoms with Gasteiger partial charge in [0.15, 0.2) is 11.6 Å². The van der Waals surface area contributed by atoms with E-state index in [1.54, 1.807) is 0 Å². The molecule has 1 aromatic carbocycles. The van der Waals surface area contributed by atoms with Crippen LogP contribution in [0, 0.1) is 0 Å². The third-order valence-electron chi connectivity index (χ3n) is 4.03. The van der Waals surface area contributed by atoms with Crippen LogP contribution in [0.4, 0.5) is 11.6 Å². The molecule has 1 aromatic heterocycles. The number of anilines is 2. The Hall–Kier alpha value is -1.88. The minimum absolute atomic E-state index is 0.452. The summed E-state index contributed by atoms with van der Waals surface area (Å²) < 4.78 is 0. The largest absolute Gasteiger partial charge is 0.381 e. The molecular formula is C15H21N5. The molecule has 0 saturated carbocycles. The monoisotopic (exact) mass is 271 g/mol. The average Bonchev–Trinajstić information content (AvgIpc) is 2.43. The van der Waals surface area contributed by atoms with E-state index in [2.05, 4.69) is 34.3 Å². The van der Waals surface area contributed by atoms with Crippen LogP contribution in [-0.4, -0.2) is 27.1 Å². The molecule has 0 radical (unpaired) electrons. The Morgan fingerprint density at radius 3 is 2.35 bits per heavy atom. The number of benzene rings is 1. The van der Waals surface area contributed by atoms with Crippen molar-refractivity contribution in [2.75, 3.05) is 11.2 Å². The highest BCUT2D eigenvalue weighted by molar-refractivity contribution is 5.79. The summed E-state index contributed by atoms with van der Waals surface area (Å²) in [6, 6.07) is 8.74. The van der Waals surface area contributed by atoms with Crippen molar-refractivity contribution in [3.8, 4) is 0 Å². The lowest BCUT2D eigenvalue weighted by atomic mass is 10.00. The fraction of sp³-hybridized carbons (Fsp3) is 0.467. The topological polar surface area (TPSA) is 67.1 Å². The predicted molar refractivity (Wildman–Crippen MR) is 82.2 cm³/mol. The maximum Gasteiger partial charge on any atom is 0.184 e. The lowest BCUT2D eigenvalue weighted by Crippen LogP contribution is -2.47. The normalized spacial score (nSPS) is 23.9. The summed E-state index contributed by atoms with van der Waals surface area (Å²) in [7, 11) is 0. The van der Waals surface area contributed by atoms with Crippen molar-refractivity contribution >= 4 is 22.7 Å². The van der Waals surface area contributed by atoms with Gasteiger partial charge in [-0.2, -0.15) is 0 Å². The zero-order chi connectivity index (χ0) is 14.1. The highest BCUT2D eigenvalue weighted by atomic mass is 15.5. The van der Waals surface area contributed by atoms with Gasteiger partial charge in [-0.1, -0.05) is 18.6 Å². The number of nitrogens with two attached hydrogens (primary N) is 1. The van der Waals surface area contributed by atoms with Crippen LogP contribution in [0.25, 0.3) is 11.0 Å². The van der Waals surface area contributed by atoms with Gasteiger partial charge in [0.2, 0.25) is 0 Å². The zero-order valence-electron chi connectivity index (χ0n) is 12.0. The van der Waals surface area contributed by atoms with E-state index < -0.39 is 0 Å². The van der Waals surface area contributed by atoms with Crippen molar-refractivity contribution in [3.63, 3.8) is 0 Å². The number of para-hydroxylation sites is 2. The van der Waals surface area contributed by atoms with Gasteiger partial charge in [-0.15, -0.1) is 0 Å². The Morgan fingerprint density at radius 1 is 1.10 bits per heavy atom. The Kier molecular flexibility index (Phi) is 3.44. The summed E-state index contributed by atoms with van der Waals surface area (Å²) in [5.74, 6) is 1.11. The molecule has 20 heavy (non-hydrogen) atoms. The first kappa shape index (κ1) is 13.1. The second-order valence-electron chi connectivity index (χ2n) is 5.59. The highest BCUT2D eigenvalue weighted by Crippen LogP contribution is 2.25. The van der Waals surface area contributed by atoms with Gasteiger partial charge < -0.3 is 5.73 Å². The van der Waals surface area contributed by atoms with Crippen LogP contribution >= 0.6 is 0 Å². The van der Waals surface area contributed by atoms with Gasteiger partial charge in [0, 0.05) is 12.1 Å². The van der Waals surface area contributed by atoms with Crippen LogP contribution in [-0.2, 0) is 0 Å². The summed E-state index contributed by atoms with van der Waals surface area (Å²) in [4.78, 5) is 9.01. The third-order valence-corrected chi connectivity index (χ3v) is 4.03. The first-order valence-electron chi connectivity index (χ1n) is 7.22. The van der Waals surface area contributed by atoms with E-state index in [0.717, 1.165) is 11.0 Å². The summed E-state index contributed by atoms with van der Waals surface area (Å²) in [6.07, 6.45) is 3.66. The highest BCUT2D eigenvalue weighted by Gasteiger charge is 2.25. The average molecular weight is 271 g/mol. The number of hydrazine groups is 1. The van der Waals surface area contributed by atoms with Crippen molar-refractivity contribution in [1.82, 2.24) is 15.0 Å². The van der Waals surface area contributed by atoms with E-state index >= 15 is 0 Å². The van der Waals surface area contributed by atoms with E-state index in [9.17, 15) is 0 Å². The third kappa shape index (κ3) is 2.41. The smallest absolute Gasteiger partial charge is 0.184 e. The lowest BCUT2D eigenvalue weighted by Gasteiger charge is -2.39. The maximum atomic E-state index is 6.03. The first-order chi connectivity index (χ1) is 9.65. The van der Waals surface area contributed by atoms with E-state index in [0.29, 0.717) is 23.7 Å². The fourth-order valence-corrected chi connectivity index (χ4v) is 2.86. The number of fused-ring (bicyclic) bond motifs is 1. The number of aromatic nitrogens is 2. The zero-order valence-corrected chi connectivity index (χ0v) is 12.0. The first-order valence-corrected chi connectivity index (χ1v) is 7.22. The van der Waals surface area contributed by atoms with Gasteiger partial charge in [0.25, 0.3) is 0 Å². The molecule has 2 heterocycles. The minimum Gasteiger partial charge on any atom is -0.381 e. The molecular weight excluding hydrogens is 250 g/mol. The molecule has 1 fully saturated rings. The van der Waals surface area contributed by atoms with E-state index in [1.165, 1.54) is 19.3 Å². The lowest BCUT2D eigenvalue weighted by molar-refractivity contribution is 0.135. The number of nitrogen functional groups attached to an aromatic ring is 1. The molecule has 0 spiro atoms. The molecule has 0 bridgehead atoms. The van der Waals surface area contributed by atoms with Gasteiger partial charge in [-0.25, -0.2) is 15.0 Å². The minimum atomic E-state index is 0.452. The second-order valence-corrected chi connectivity index (χ2v) is 5.59. The van der Waals surface area contributed by atoms with Crippen molar-refractivity contribution in [1.29, 1.82) is 0 Å². The second kappa shape index (κ2) is 5.25. The van der Waals surface area contributed by atoms with Crippen molar-refractivity contribution in [2.45, 2.75) is 45.2 Å². The van der Waals surface area contributed by atoms with Crippen LogP contribution < -0.4 is 11.2 Å². The molecule has 3 N–H and O–H groups in total. The molecule has 5 nitrogen and oxygen atoms in total. The van der Waals surface area contributed by atoms with Crippen molar-refractivity contribution in [2.24, 2.45) is 0 Å². The number of hydrogen-bond donors (Lipinski definition) is 2. The molecule has 2 atom stereocenters. The van der Waals surface area contributed by atoms with Crippen molar-refractivity contribution in [3.05, 3.63) is 24.3 Å². The quantitative estimate of drug-likeness (QED) is 0.879. The van der Waals surface area contributed by atoms with E-state index in [1.807, 2.05) is 24.3 Å². The molecule has 106 valence electrons. The van der Waals surface area contributed by atoms with Crippen molar-refractivity contribution < 1.29 is 0 Å². The SMILES string of the molecule is CC1CCCC(C)N1Nc1nc2ccccc2nc1N. The van der Waals surface area contributed by atoms with Crippen LogP contribution in [0.2, 0.25) is 0 Å². The van der Waals surface area contributed by atoms with E-state index in [4.69, 9.17) is 5.73 Å². The standard InChI is InChI=1S/C15H21N5/c1-10-6-5-7-11(2)20(10)19-15-14(16)17-12-8-3-4-9-13(12)18-15/h3-4,8-11H,5-7H2,1-2H3,(H2,16,17)(H,18,19). The molecule has 2 aromatic rings. The molecule has 3 rings (SSSR count).